The summed E-state index contributed by atoms with van der Waals surface area (Å²) in [7, 11) is 0. The standard InChI is InChI=1S/C81H93N21O19/c1-41(70(110)95-58(19-10-24-86-81(83)84)72(112)91-38-67(105)94-59(25-42-20-22-48(104)23-21-42)74(114)102-66(80(120)121)32-69(108)109)93-73(113)65(31-68(106)107)101-78(118)63(29-46-36-90-57-18-9-5-14-52(46)57)99-76(116)61(27-44-34-88-55-16-7-3-12-50(44)55)97-75(115)60(26-43-33-87-54-15-6-2-11-49(43)54)98-77(117)62(28-45-35-89-56-17-8-4-13-51(45)56)100-79(119)64(30-47-37-85-40-92-47)96-71(111)53(82)39-103/h2-9,11-18,20-23,33-37,40-41,53,58-66,87-90,103-104H,10,19,24-32,38-39,82H2,1H3,(H,85,92)(H,91,112)(H,93,113)(H,94,105)(H,95,110)(H,96,111)(H,97,115)(H,98,117)(H,99,116)(H,100,119)(H,101,118)(H,102,114)(H,106,107)(H,108,109)(H,120,121)(H4,83,84,86)/t41-,53-,58-,59-,60-,61-,62-,63-,64-,65-,66-/m0/s1. The number of aromatic amines is 5. The van der Waals surface area contributed by atoms with Gasteiger partial charge >= 0.3 is 17.9 Å². The van der Waals surface area contributed by atoms with Crippen LogP contribution >= 0.6 is 0 Å². The lowest BCUT2D eigenvalue weighted by Crippen LogP contribution is -2.61. The van der Waals surface area contributed by atoms with Crippen LogP contribution in [0.3, 0.4) is 0 Å². The molecule has 0 radical (unpaired) electrons. The highest BCUT2D eigenvalue weighted by atomic mass is 16.4. The maximum Gasteiger partial charge on any atom is 0.326 e. The molecule has 27 N–H and O–H groups in total. The zero-order valence-electron chi connectivity index (χ0n) is 65.1. The van der Waals surface area contributed by atoms with E-state index in [1.165, 1.54) is 36.8 Å². The number of aliphatic hydroxyl groups is 1. The molecule has 0 unspecified atom stereocenters. The summed E-state index contributed by atoms with van der Waals surface area (Å²) in [5.41, 5.74) is 16.6. The van der Waals surface area contributed by atoms with Crippen LogP contribution in [0, 0.1) is 5.41 Å². The van der Waals surface area contributed by atoms with Gasteiger partial charge in [-0.25, -0.2) is 9.78 Å². The molecule has 10 rings (SSSR count). The number of aliphatic hydroxyl groups excluding tert-OH is 1. The third-order valence-corrected chi connectivity index (χ3v) is 19.9. The first-order valence-electron chi connectivity index (χ1n) is 38.3. The molecule has 0 aliphatic carbocycles. The SMILES string of the molecule is C[C@H](NC(=O)[C@H](CC(=O)O)NC(=O)[C@H](Cc1c[nH]c2ccccc12)NC(=O)[C@H](Cc1c[nH]c2ccccc12)NC(=O)[C@H](Cc1c[nH]c2ccccc12)NC(=O)[C@H](Cc1c[nH]c2ccccc12)NC(=O)[C@H](Cc1cnc[nH]1)NC(=O)[C@@H](N)CO)C(=O)N[C@@H](CCCNC(=N)N)C(=O)NCC(=O)N[C@@H](Cc1ccc(O)cc1)C(=O)N[C@@H](CC(=O)O)C(=O)O. The number of carbonyl (C=O) groups is 14. The molecule has 0 aliphatic rings. The zero-order chi connectivity index (χ0) is 87.0. The number of phenols is 1. The first-order valence-corrected chi connectivity index (χ1v) is 38.3. The fourth-order valence-corrected chi connectivity index (χ4v) is 13.6. The molecule has 5 aromatic carbocycles. The fourth-order valence-electron chi connectivity index (χ4n) is 13.6. The van der Waals surface area contributed by atoms with Crippen LogP contribution in [-0.4, -0.2) is 230 Å². The molecule has 0 saturated carbocycles. The Balaban J connectivity index is 0.908. The average molecular weight is 1660 g/mol. The van der Waals surface area contributed by atoms with E-state index in [0.717, 1.165) is 6.92 Å². The number of amides is 11. The number of phenolic OH excluding ortho intramolecular Hbond substituents is 1. The van der Waals surface area contributed by atoms with Crippen molar-refractivity contribution in [1.29, 1.82) is 5.41 Å². The van der Waals surface area contributed by atoms with E-state index in [4.69, 9.17) is 16.9 Å². The van der Waals surface area contributed by atoms with E-state index in [2.05, 4.69) is 93.7 Å². The van der Waals surface area contributed by atoms with Crippen LogP contribution < -0.4 is 75.3 Å². The Hall–Kier alpha value is -15.0. The summed E-state index contributed by atoms with van der Waals surface area (Å²) >= 11 is 0. The van der Waals surface area contributed by atoms with Gasteiger partial charge in [0, 0.05) is 125 Å². The summed E-state index contributed by atoms with van der Waals surface area (Å²) in [5.74, 6) is -16.9. The number of nitrogens with two attached hydrogens (primary N) is 2. The van der Waals surface area contributed by atoms with Gasteiger partial charge in [0.25, 0.3) is 0 Å². The number of benzene rings is 5. The highest BCUT2D eigenvalue weighted by molar-refractivity contribution is 6.01. The summed E-state index contributed by atoms with van der Waals surface area (Å²) in [5, 5.41) is 89.4. The second-order valence-electron chi connectivity index (χ2n) is 28.8. The lowest BCUT2D eigenvalue weighted by atomic mass is 9.99. The number of guanidine groups is 1. The number of aromatic nitrogens is 6. The van der Waals surface area contributed by atoms with Gasteiger partial charge in [-0.05, 0) is 84.0 Å². The van der Waals surface area contributed by atoms with Crippen molar-refractivity contribution in [3.63, 3.8) is 0 Å². The van der Waals surface area contributed by atoms with Gasteiger partial charge in [-0.2, -0.15) is 0 Å². The number of nitrogens with zero attached hydrogens (tertiary/aromatic N) is 1. The molecule has 121 heavy (non-hydrogen) atoms. The highest BCUT2D eigenvalue weighted by Crippen LogP contribution is 2.25. The molecule has 10 aromatic rings. The normalized spacial score (nSPS) is 14.0. The van der Waals surface area contributed by atoms with E-state index < -0.39 is 181 Å². The van der Waals surface area contributed by atoms with Crippen molar-refractivity contribution in [3.05, 3.63) is 192 Å². The van der Waals surface area contributed by atoms with Crippen molar-refractivity contribution in [2.24, 2.45) is 11.5 Å². The number of carboxylic acids is 3. The molecule has 5 heterocycles. The molecule has 40 nitrogen and oxygen atoms in total. The van der Waals surface area contributed by atoms with Crippen molar-refractivity contribution in [2.45, 2.75) is 138 Å². The molecular formula is C81H93N21O19. The number of carboxylic acid groups (broad SMARTS) is 3. The number of nitrogens with one attached hydrogen (secondary N) is 18. The summed E-state index contributed by atoms with van der Waals surface area (Å²) in [6, 6.07) is 15.3. The number of aromatic hydroxyl groups is 1. The van der Waals surface area contributed by atoms with Crippen molar-refractivity contribution in [2.75, 3.05) is 19.7 Å². The van der Waals surface area contributed by atoms with Gasteiger partial charge < -0.3 is 126 Å². The van der Waals surface area contributed by atoms with Gasteiger partial charge in [0.15, 0.2) is 5.96 Å². The van der Waals surface area contributed by atoms with Gasteiger partial charge in [-0.3, -0.25) is 67.7 Å². The summed E-state index contributed by atoms with van der Waals surface area (Å²) in [6.45, 7) is -0.536. The third-order valence-electron chi connectivity index (χ3n) is 19.9. The van der Waals surface area contributed by atoms with E-state index >= 15 is 19.2 Å². The molecule has 636 valence electrons. The number of carbonyl (C=O) groups excluding carboxylic acids is 11. The molecular weight excluding hydrogens is 1570 g/mol. The van der Waals surface area contributed by atoms with Gasteiger partial charge in [-0.15, -0.1) is 0 Å². The Morgan fingerprint density at radius 1 is 0.421 bits per heavy atom. The van der Waals surface area contributed by atoms with E-state index in [-0.39, 0.29) is 63.7 Å². The van der Waals surface area contributed by atoms with E-state index in [0.29, 0.717) is 77.1 Å². The number of imidazole rings is 1. The van der Waals surface area contributed by atoms with Gasteiger partial charge in [0.1, 0.15) is 72.2 Å². The number of H-pyrrole nitrogens is 5. The molecule has 5 aromatic heterocycles. The number of fused-ring (bicyclic) bond motifs is 4. The Kier molecular flexibility index (Phi) is 30.5. The van der Waals surface area contributed by atoms with Crippen LogP contribution in [0.25, 0.3) is 43.6 Å². The van der Waals surface area contributed by atoms with Crippen LogP contribution in [-0.2, 0) is 106 Å². The molecule has 0 spiro atoms. The number of aliphatic carboxylic acids is 3. The largest absolute Gasteiger partial charge is 0.508 e. The predicted molar refractivity (Wildman–Crippen MR) is 436 cm³/mol. The molecule has 11 atom stereocenters. The maximum absolute atomic E-state index is 15.8. The van der Waals surface area contributed by atoms with Crippen LogP contribution in [0.4, 0.5) is 0 Å². The summed E-state index contributed by atoms with van der Waals surface area (Å²) in [6.07, 6.45) is 5.16. The average Bonchev–Trinajstić information content (AvgIpc) is 1.68. The summed E-state index contributed by atoms with van der Waals surface area (Å²) in [4.78, 5) is 216. The topological polar surface area (TPSA) is 652 Å². The highest BCUT2D eigenvalue weighted by Gasteiger charge is 2.38. The van der Waals surface area contributed by atoms with Crippen LogP contribution in [0.1, 0.15) is 66.1 Å². The fraction of sp³-hybridized carbons (Fsp3) is 0.309. The lowest BCUT2D eigenvalue weighted by molar-refractivity contribution is -0.147. The van der Waals surface area contributed by atoms with Crippen molar-refractivity contribution >= 4 is 132 Å². The smallest absolute Gasteiger partial charge is 0.326 e. The number of hydrogen-bond donors (Lipinski definition) is 25. The van der Waals surface area contributed by atoms with Gasteiger partial charge in [0.05, 0.1) is 32.3 Å². The summed E-state index contributed by atoms with van der Waals surface area (Å²) < 4.78 is 0. The molecule has 40 heteroatoms. The Bertz CT molecular complexity index is 5430. The Morgan fingerprint density at radius 3 is 1.19 bits per heavy atom. The zero-order valence-corrected chi connectivity index (χ0v) is 65.1. The van der Waals surface area contributed by atoms with Crippen LogP contribution in [0.5, 0.6) is 5.75 Å². The van der Waals surface area contributed by atoms with E-state index in [1.54, 1.807) is 122 Å². The molecule has 0 aliphatic heterocycles. The van der Waals surface area contributed by atoms with E-state index in [9.17, 15) is 73.5 Å². The van der Waals surface area contributed by atoms with Gasteiger partial charge in [-0.1, -0.05) is 84.9 Å². The Labute approximate surface area is 688 Å². The number of para-hydroxylation sites is 4. The maximum atomic E-state index is 15.8. The van der Waals surface area contributed by atoms with Crippen molar-refractivity contribution in [1.82, 2.24) is 93.7 Å². The van der Waals surface area contributed by atoms with E-state index in [1.807, 2.05) is 0 Å². The van der Waals surface area contributed by atoms with Crippen molar-refractivity contribution in [3.8, 4) is 5.75 Å². The molecule has 11 amide bonds. The first kappa shape index (κ1) is 88.4. The Morgan fingerprint density at radius 2 is 0.793 bits per heavy atom. The second-order valence-corrected chi connectivity index (χ2v) is 28.8. The minimum atomic E-state index is -2.03. The molecule has 0 saturated heterocycles. The quantitative estimate of drug-likeness (QED) is 0.0116. The van der Waals surface area contributed by atoms with Crippen LogP contribution in [0.2, 0.25) is 0 Å². The lowest BCUT2D eigenvalue weighted by Gasteiger charge is -2.28. The third kappa shape index (κ3) is 24.8. The molecule has 0 bridgehead atoms. The monoisotopic (exact) mass is 1660 g/mol. The number of rotatable bonds is 44. The first-order chi connectivity index (χ1) is 58.0. The minimum absolute atomic E-state index is 0.0199. The second kappa shape index (κ2) is 41.7. The van der Waals surface area contributed by atoms with Crippen molar-refractivity contribution < 1.29 is 92.7 Å². The molecule has 0 fully saturated rings. The van der Waals surface area contributed by atoms with Crippen LogP contribution in [0.15, 0.2) is 159 Å². The predicted octanol–water partition coefficient (Wildman–Crippen LogP) is -1.60. The number of hydrogen-bond acceptors (Lipinski definition) is 19. The van der Waals surface area contributed by atoms with Gasteiger partial charge in [0.2, 0.25) is 65.0 Å². The minimum Gasteiger partial charge on any atom is -0.508 e.